The van der Waals surface area contributed by atoms with E-state index >= 15 is 0 Å². The van der Waals surface area contributed by atoms with Crippen LogP contribution in [0.5, 0.6) is 0 Å². The van der Waals surface area contributed by atoms with E-state index in [2.05, 4.69) is 25.8 Å². The summed E-state index contributed by atoms with van der Waals surface area (Å²) < 4.78 is 15.3. The van der Waals surface area contributed by atoms with Crippen LogP contribution in [0.3, 0.4) is 0 Å². The first-order chi connectivity index (χ1) is 9.25. The van der Waals surface area contributed by atoms with Crippen LogP contribution in [0.4, 0.5) is 10.2 Å². The van der Waals surface area contributed by atoms with Crippen LogP contribution in [-0.2, 0) is 12.0 Å². The van der Waals surface area contributed by atoms with Gasteiger partial charge in [-0.3, -0.25) is 0 Å². The quantitative estimate of drug-likeness (QED) is 0.900. The predicted molar refractivity (Wildman–Crippen MR) is 81.4 cm³/mol. The molecule has 1 aromatic carbocycles. The molecule has 0 saturated carbocycles. The van der Waals surface area contributed by atoms with Crippen molar-refractivity contribution in [3.8, 4) is 11.3 Å². The lowest BCUT2D eigenvalue weighted by Crippen LogP contribution is -2.25. The van der Waals surface area contributed by atoms with Crippen LogP contribution < -0.4 is 5.73 Å². The molecule has 0 bridgehead atoms. The molecule has 20 heavy (non-hydrogen) atoms. The van der Waals surface area contributed by atoms with Gasteiger partial charge in [0.1, 0.15) is 23.2 Å². The first kappa shape index (κ1) is 14.9. The number of benzene rings is 1. The van der Waals surface area contributed by atoms with Crippen LogP contribution in [0.15, 0.2) is 18.2 Å². The summed E-state index contributed by atoms with van der Waals surface area (Å²) in [6.45, 7) is 8.26. The van der Waals surface area contributed by atoms with Gasteiger partial charge in [0, 0.05) is 17.5 Å². The summed E-state index contributed by atoms with van der Waals surface area (Å²) in [5, 5.41) is 0.0743. The third kappa shape index (κ3) is 2.52. The lowest BCUT2D eigenvalue weighted by Gasteiger charge is -2.24. The Morgan fingerprint density at radius 1 is 1.35 bits per heavy atom. The molecule has 0 aliphatic carbocycles. The highest BCUT2D eigenvalue weighted by atomic mass is 35.5. The van der Waals surface area contributed by atoms with E-state index in [1.807, 2.05) is 11.5 Å². The Balaban J connectivity index is 2.64. The Morgan fingerprint density at radius 3 is 2.45 bits per heavy atom. The van der Waals surface area contributed by atoms with Crippen molar-refractivity contribution < 1.29 is 4.39 Å². The molecule has 0 fully saturated rings. The van der Waals surface area contributed by atoms with Crippen LogP contribution in [0.2, 0.25) is 5.02 Å². The first-order valence-corrected chi connectivity index (χ1v) is 6.96. The van der Waals surface area contributed by atoms with Gasteiger partial charge in [-0.05, 0) is 39.0 Å². The van der Waals surface area contributed by atoms with Gasteiger partial charge < -0.3 is 10.3 Å². The molecule has 1 heterocycles. The van der Waals surface area contributed by atoms with E-state index in [9.17, 15) is 4.39 Å². The largest absolute Gasteiger partial charge is 0.383 e. The third-order valence-corrected chi connectivity index (χ3v) is 3.45. The smallest absolute Gasteiger partial charge is 0.141 e. The zero-order valence-corrected chi connectivity index (χ0v) is 12.9. The number of hydrogen-bond donors (Lipinski definition) is 1. The highest BCUT2D eigenvalue weighted by Crippen LogP contribution is 2.33. The Hall–Kier alpha value is -1.55. The number of anilines is 1. The highest BCUT2D eigenvalue weighted by molar-refractivity contribution is 6.31. The molecule has 2 rings (SSSR count). The van der Waals surface area contributed by atoms with E-state index in [0.29, 0.717) is 11.5 Å². The fourth-order valence-electron chi connectivity index (χ4n) is 2.32. The van der Waals surface area contributed by atoms with Crippen molar-refractivity contribution in [2.75, 3.05) is 5.73 Å². The minimum atomic E-state index is -0.444. The molecule has 0 atom stereocenters. The molecule has 0 unspecified atom stereocenters. The topological polar surface area (TPSA) is 43.8 Å². The number of nitrogens with two attached hydrogens (primary N) is 1. The van der Waals surface area contributed by atoms with Crippen molar-refractivity contribution in [1.29, 1.82) is 0 Å². The third-order valence-electron chi connectivity index (χ3n) is 3.16. The minimum Gasteiger partial charge on any atom is -0.383 e. The normalized spacial score (nSPS) is 11.9. The van der Waals surface area contributed by atoms with E-state index in [0.717, 1.165) is 17.8 Å². The van der Waals surface area contributed by atoms with Crippen molar-refractivity contribution >= 4 is 17.4 Å². The molecule has 2 N–H and O–H groups in total. The summed E-state index contributed by atoms with van der Waals surface area (Å²) >= 11 is 5.84. The molecular formula is C15H19ClFN3. The van der Waals surface area contributed by atoms with E-state index in [1.54, 1.807) is 12.1 Å². The molecule has 0 aliphatic heterocycles. The maximum absolute atomic E-state index is 13.3. The Kier molecular flexibility index (Phi) is 3.78. The zero-order valence-electron chi connectivity index (χ0n) is 12.2. The second-order valence-electron chi connectivity index (χ2n) is 5.75. The van der Waals surface area contributed by atoms with E-state index in [1.165, 1.54) is 6.07 Å². The predicted octanol–water partition coefficient (Wildman–Crippen LogP) is 4.24. The van der Waals surface area contributed by atoms with Crippen LogP contribution in [0.1, 0.15) is 33.5 Å². The van der Waals surface area contributed by atoms with E-state index < -0.39 is 5.82 Å². The van der Waals surface area contributed by atoms with Gasteiger partial charge in [-0.15, -0.1) is 0 Å². The number of aryl methyl sites for hydroxylation is 1. The van der Waals surface area contributed by atoms with Gasteiger partial charge in [0.05, 0.1) is 5.02 Å². The van der Waals surface area contributed by atoms with Crippen molar-refractivity contribution in [2.24, 2.45) is 0 Å². The summed E-state index contributed by atoms with van der Waals surface area (Å²) in [5.74, 6) is 1.04. The van der Waals surface area contributed by atoms with Gasteiger partial charge in [0.15, 0.2) is 0 Å². The molecule has 108 valence electrons. The first-order valence-electron chi connectivity index (χ1n) is 6.58. The maximum Gasteiger partial charge on any atom is 0.141 e. The molecule has 0 amide bonds. The molecule has 1 aromatic heterocycles. The number of imidazole rings is 1. The number of rotatable bonds is 2. The lowest BCUT2D eigenvalue weighted by atomic mass is 10.1. The second kappa shape index (κ2) is 5.09. The Bertz CT molecular complexity index is 641. The fraction of sp³-hybridized carbons (Fsp3) is 0.400. The standard InChI is InChI=1S/C15H19ClFN3/c1-5-12-19-13(14(18)20(12)15(2,3)4)9-6-7-11(17)10(16)8-9/h6-8H,5,18H2,1-4H3. The maximum atomic E-state index is 13.3. The van der Waals surface area contributed by atoms with Gasteiger partial charge in [0.2, 0.25) is 0 Å². The SMILES string of the molecule is CCc1nc(-c2ccc(F)c(Cl)c2)c(N)n1C(C)(C)C. The number of halogens is 2. The molecule has 0 radical (unpaired) electrons. The van der Waals surface area contributed by atoms with Crippen LogP contribution in [-0.4, -0.2) is 9.55 Å². The van der Waals surface area contributed by atoms with E-state index in [4.69, 9.17) is 17.3 Å². The average molecular weight is 296 g/mol. The molecule has 0 spiro atoms. The molecule has 5 heteroatoms. The Morgan fingerprint density at radius 2 is 2.00 bits per heavy atom. The van der Waals surface area contributed by atoms with E-state index in [-0.39, 0.29) is 10.6 Å². The van der Waals surface area contributed by atoms with Gasteiger partial charge in [0.25, 0.3) is 0 Å². The van der Waals surface area contributed by atoms with Gasteiger partial charge in [-0.1, -0.05) is 18.5 Å². The second-order valence-corrected chi connectivity index (χ2v) is 6.16. The number of hydrogen-bond acceptors (Lipinski definition) is 2. The average Bonchev–Trinajstić information content (AvgIpc) is 2.69. The molecule has 0 aliphatic rings. The van der Waals surface area contributed by atoms with Crippen LogP contribution in [0.25, 0.3) is 11.3 Å². The summed E-state index contributed by atoms with van der Waals surface area (Å²) in [7, 11) is 0. The minimum absolute atomic E-state index is 0.0743. The molecule has 2 aromatic rings. The van der Waals surface area contributed by atoms with Crippen LogP contribution >= 0.6 is 11.6 Å². The van der Waals surface area contributed by atoms with Gasteiger partial charge in [-0.2, -0.15) is 0 Å². The lowest BCUT2D eigenvalue weighted by molar-refractivity contribution is 0.389. The monoisotopic (exact) mass is 295 g/mol. The molecular weight excluding hydrogens is 277 g/mol. The Labute approximate surface area is 123 Å². The zero-order chi connectivity index (χ0) is 15.1. The van der Waals surface area contributed by atoms with Crippen molar-refractivity contribution in [3.63, 3.8) is 0 Å². The van der Waals surface area contributed by atoms with Crippen LogP contribution in [0, 0.1) is 5.82 Å². The molecule has 3 nitrogen and oxygen atoms in total. The van der Waals surface area contributed by atoms with Crippen molar-refractivity contribution in [3.05, 3.63) is 34.9 Å². The number of aromatic nitrogens is 2. The van der Waals surface area contributed by atoms with Gasteiger partial charge in [-0.25, -0.2) is 9.37 Å². The number of nitrogen functional groups attached to an aromatic ring is 1. The highest BCUT2D eigenvalue weighted by Gasteiger charge is 2.23. The summed E-state index contributed by atoms with van der Waals surface area (Å²) in [6, 6.07) is 4.53. The van der Waals surface area contributed by atoms with Crippen molar-refractivity contribution in [2.45, 2.75) is 39.7 Å². The summed E-state index contributed by atoms with van der Waals surface area (Å²) in [5.41, 5.74) is 7.47. The summed E-state index contributed by atoms with van der Waals surface area (Å²) in [4.78, 5) is 4.59. The summed E-state index contributed by atoms with van der Waals surface area (Å²) in [6.07, 6.45) is 0.774. The molecule has 0 saturated heterocycles. The fourth-order valence-corrected chi connectivity index (χ4v) is 2.50. The van der Waals surface area contributed by atoms with Crippen molar-refractivity contribution in [1.82, 2.24) is 9.55 Å². The van der Waals surface area contributed by atoms with Gasteiger partial charge >= 0.3 is 0 Å². The number of nitrogens with zero attached hydrogens (tertiary/aromatic N) is 2.